The molecule has 1 spiro atoms. The summed E-state index contributed by atoms with van der Waals surface area (Å²) in [6, 6.07) is 63.9. The van der Waals surface area contributed by atoms with E-state index in [0.717, 1.165) is 106 Å². The zero-order valence-corrected chi connectivity index (χ0v) is 35.0. The van der Waals surface area contributed by atoms with Crippen LogP contribution in [0, 0.1) is 0 Å². The third-order valence-corrected chi connectivity index (χ3v) is 15.1. The van der Waals surface area contributed by atoms with Crippen molar-refractivity contribution in [2.24, 2.45) is 0 Å². The van der Waals surface area contributed by atoms with Gasteiger partial charge in [-0.15, -0.1) is 0 Å². The molecule has 64 heavy (non-hydrogen) atoms. The Balaban J connectivity index is 1.10. The number of sulfone groups is 1. The molecule has 300 valence electrons. The molecule has 10 aromatic rings. The van der Waals surface area contributed by atoms with Crippen molar-refractivity contribution >= 4 is 9.84 Å². The highest BCUT2D eigenvalue weighted by Gasteiger charge is 2.52. The van der Waals surface area contributed by atoms with Crippen molar-refractivity contribution in [3.8, 4) is 89.7 Å². The SMILES string of the molecule is O=S1(=O)c2ccccc2-c2ccc3c(c21)-c1ccccc1C31c2ccccc2-c2ccccc2-c2ccc(-c3nc(-c4ccccc4)cc(-c4ccc(-c5cccnc5)nc4)n3)cc21. The normalized spacial score (nSPS) is 15.5. The number of rotatable bonds is 4. The predicted molar refractivity (Wildman–Crippen MR) is 252 cm³/mol. The maximum atomic E-state index is 14.9. The van der Waals surface area contributed by atoms with Crippen LogP contribution in [0.2, 0.25) is 0 Å². The van der Waals surface area contributed by atoms with E-state index in [0.29, 0.717) is 15.6 Å². The molecule has 3 aliphatic rings. The smallest absolute Gasteiger partial charge is 0.208 e. The van der Waals surface area contributed by atoms with Crippen LogP contribution in [0.25, 0.3) is 89.7 Å². The molecule has 2 aliphatic carbocycles. The van der Waals surface area contributed by atoms with E-state index in [2.05, 4.69) is 108 Å². The quantitative estimate of drug-likeness (QED) is 0.175. The molecule has 1 aliphatic heterocycles. The van der Waals surface area contributed by atoms with E-state index in [1.54, 1.807) is 12.3 Å². The molecule has 0 bridgehead atoms. The van der Waals surface area contributed by atoms with E-state index in [9.17, 15) is 8.42 Å². The van der Waals surface area contributed by atoms with E-state index in [1.807, 2.05) is 91.3 Å². The third kappa shape index (κ3) is 5.10. The Bertz CT molecular complexity index is 3680. The zero-order valence-electron chi connectivity index (χ0n) is 34.1. The number of pyridine rings is 2. The minimum absolute atomic E-state index is 0.348. The summed E-state index contributed by atoms with van der Waals surface area (Å²) in [6.07, 6.45) is 5.43. The minimum Gasteiger partial charge on any atom is -0.264 e. The maximum Gasteiger partial charge on any atom is 0.208 e. The first-order valence-corrected chi connectivity index (χ1v) is 22.8. The number of nitrogens with zero attached hydrogens (tertiary/aromatic N) is 4. The van der Waals surface area contributed by atoms with Crippen LogP contribution in [0.4, 0.5) is 0 Å². The van der Waals surface area contributed by atoms with Gasteiger partial charge >= 0.3 is 0 Å². The second kappa shape index (κ2) is 13.7. The molecule has 7 heteroatoms. The van der Waals surface area contributed by atoms with Crippen molar-refractivity contribution in [1.29, 1.82) is 0 Å². The summed E-state index contributed by atoms with van der Waals surface area (Å²) in [4.78, 5) is 20.5. The zero-order chi connectivity index (χ0) is 42.6. The second-order valence-corrected chi connectivity index (χ2v) is 18.4. The Morgan fingerprint density at radius 2 is 0.984 bits per heavy atom. The Kier molecular flexibility index (Phi) is 7.81. The van der Waals surface area contributed by atoms with Crippen molar-refractivity contribution < 1.29 is 8.42 Å². The number of aromatic nitrogens is 4. The molecule has 0 amide bonds. The molecule has 1 atom stereocenters. The van der Waals surface area contributed by atoms with Crippen LogP contribution < -0.4 is 0 Å². The first kappa shape index (κ1) is 36.5. The lowest BCUT2D eigenvalue weighted by Crippen LogP contribution is -2.29. The van der Waals surface area contributed by atoms with Gasteiger partial charge in [0.1, 0.15) is 0 Å². The topological polar surface area (TPSA) is 85.7 Å². The van der Waals surface area contributed by atoms with Crippen LogP contribution >= 0.6 is 0 Å². The standard InChI is InChI=1S/C57H34N4O2S/c62-64(63)53-23-11-8-19-43(53)44-27-28-48-54(55(44)64)45-20-7-10-22-47(45)57(48)46-21-9-6-18-41(46)39-16-4-5-17-40(39)42-26-24-36(31-49(42)57)56-60-51(35-13-2-1-3-14-35)32-52(61-56)38-25-29-50(59-34-38)37-15-12-30-58-33-37/h1-34H. The first-order valence-electron chi connectivity index (χ1n) is 21.3. The fraction of sp³-hybridized carbons (Fsp3) is 0.0175. The molecule has 0 radical (unpaired) electrons. The average molecular weight is 839 g/mol. The molecule has 4 heterocycles. The second-order valence-electron chi connectivity index (χ2n) is 16.5. The maximum absolute atomic E-state index is 14.9. The summed E-state index contributed by atoms with van der Waals surface area (Å²) < 4.78 is 29.7. The van der Waals surface area contributed by atoms with Gasteiger partial charge in [0.2, 0.25) is 9.84 Å². The molecule has 6 nitrogen and oxygen atoms in total. The Hall–Kier alpha value is -8.13. The van der Waals surface area contributed by atoms with E-state index in [4.69, 9.17) is 15.0 Å². The van der Waals surface area contributed by atoms with Crippen LogP contribution in [-0.4, -0.2) is 28.4 Å². The van der Waals surface area contributed by atoms with Crippen LogP contribution in [0.15, 0.2) is 216 Å². The number of hydrogen-bond donors (Lipinski definition) is 0. The summed E-state index contributed by atoms with van der Waals surface area (Å²) in [6.45, 7) is 0. The summed E-state index contributed by atoms with van der Waals surface area (Å²) in [7, 11) is -3.87. The lowest BCUT2D eigenvalue weighted by molar-refractivity contribution is 0.599. The van der Waals surface area contributed by atoms with E-state index >= 15 is 0 Å². The van der Waals surface area contributed by atoms with E-state index < -0.39 is 15.3 Å². The van der Waals surface area contributed by atoms with Gasteiger partial charge in [0, 0.05) is 57.5 Å². The molecule has 0 N–H and O–H groups in total. The summed E-state index contributed by atoms with van der Waals surface area (Å²) in [5, 5.41) is 0. The van der Waals surface area contributed by atoms with Gasteiger partial charge in [0.25, 0.3) is 0 Å². The third-order valence-electron chi connectivity index (χ3n) is 13.2. The Labute approximate surface area is 370 Å². The van der Waals surface area contributed by atoms with E-state index in [1.165, 1.54) is 0 Å². The van der Waals surface area contributed by atoms with Crippen molar-refractivity contribution in [1.82, 2.24) is 19.9 Å². The van der Waals surface area contributed by atoms with Crippen LogP contribution in [0.1, 0.15) is 22.3 Å². The molecule has 3 aromatic heterocycles. The van der Waals surface area contributed by atoms with Crippen molar-refractivity contribution in [3.63, 3.8) is 0 Å². The van der Waals surface area contributed by atoms with Gasteiger partial charge in [-0.25, -0.2) is 18.4 Å². The van der Waals surface area contributed by atoms with Crippen molar-refractivity contribution in [3.05, 3.63) is 229 Å². The molecule has 0 saturated heterocycles. The van der Waals surface area contributed by atoms with E-state index in [-0.39, 0.29) is 0 Å². The average Bonchev–Trinajstić information content (AvgIpc) is 3.75. The number of hydrogen-bond acceptors (Lipinski definition) is 6. The van der Waals surface area contributed by atoms with Gasteiger partial charge in [-0.2, -0.15) is 0 Å². The number of benzene rings is 7. The van der Waals surface area contributed by atoms with Gasteiger partial charge in [-0.05, 0) is 92.5 Å². The van der Waals surface area contributed by atoms with Gasteiger partial charge in [-0.1, -0.05) is 146 Å². The molecule has 0 fully saturated rings. The highest BCUT2D eigenvalue weighted by atomic mass is 32.2. The molecular weight excluding hydrogens is 805 g/mol. The van der Waals surface area contributed by atoms with Crippen LogP contribution in [-0.2, 0) is 15.3 Å². The Morgan fingerprint density at radius 1 is 0.391 bits per heavy atom. The Morgan fingerprint density at radius 3 is 1.72 bits per heavy atom. The van der Waals surface area contributed by atoms with Crippen molar-refractivity contribution in [2.45, 2.75) is 15.2 Å². The summed E-state index contributed by atoms with van der Waals surface area (Å²) in [5.41, 5.74) is 16.6. The molecule has 13 rings (SSSR count). The molecule has 0 saturated carbocycles. The van der Waals surface area contributed by atoms with Gasteiger partial charge in [-0.3, -0.25) is 9.97 Å². The largest absolute Gasteiger partial charge is 0.264 e. The fourth-order valence-corrected chi connectivity index (χ4v) is 12.4. The highest BCUT2D eigenvalue weighted by molar-refractivity contribution is 7.92. The van der Waals surface area contributed by atoms with Crippen molar-refractivity contribution in [2.75, 3.05) is 0 Å². The lowest BCUT2D eigenvalue weighted by atomic mass is 9.65. The van der Waals surface area contributed by atoms with Crippen LogP contribution in [0.3, 0.4) is 0 Å². The lowest BCUT2D eigenvalue weighted by Gasteiger charge is -2.35. The highest BCUT2D eigenvalue weighted by Crippen LogP contribution is 2.64. The summed E-state index contributed by atoms with van der Waals surface area (Å²) in [5.74, 6) is 0.565. The molecular formula is C57H34N4O2S. The van der Waals surface area contributed by atoms with Gasteiger partial charge in [0.05, 0.1) is 32.3 Å². The number of fused-ring (bicyclic) bond motifs is 16. The monoisotopic (exact) mass is 838 g/mol. The first-order chi connectivity index (χ1) is 31.5. The van der Waals surface area contributed by atoms with Gasteiger partial charge in [0.15, 0.2) is 5.82 Å². The summed E-state index contributed by atoms with van der Waals surface area (Å²) >= 11 is 0. The fourth-order valence-electron chi connectivity index (χ4n) is 10.5. The van der Waals surface area contributed by atoms with Crippen LogP contribution in [0.5, 0.6) is 0 Å². The predicted octanol–water partition coefficient (Wildman–Crippen LogP) is 12.8. The molecule has 7 aromatic carbocycles. The molecule has 1 unspecified atom stereocenters. The van der Waals surface area contributed by atoms with Gasteiger partial charge < -0.3 is 0 Å². The minimum atomic E-state index is -3.87.